The Labute approximate surface area is 279 Å². The van der Waals surface area contributed by atoms with Crippen molar-refractivity contribution in [3.63, 3.8) is 0 Å². The van der Waals surface area contributed by atoms with Gasteiger partial charge < -0.3 is 10.2 Å². The number of carbonyl (C=O) groups is 2. The Kier molecular flexibility index (Phi) is 11.0. The molecule has 2 amide bonds. The van der Waals surface area contributed by atoms with Gasteiger partial charge in [-0.3, -0.25) is 13.9 Å². The van der Waals surface area contributed by atoms with Gasteiger partial charge in [-0.1, -0.05) is 103 Å². The monoisotopic (exact) mass is 681 g/mol. The van der Waals surface area contributed by atoms with E-state index in [1.165, 1.54) is 47.4 Å². The molecule has 4 aromatic carbocycles. The molecule has 0 unspecified atom stereocenters. The van der Waals surface area contributed by atoms with Gasteiger partial charge in [0.05, 0.1) is 20.6 Å². The molecule has 46 heavy (non-hydrogen) atoms. The van der Waals surface area contributed by atoms with Crippen LogP contribution < -0.4 is 9.62 Å². The van der Waals surface area contributed by atoms with Gasteiger partial charge in [0, 0.05) is 24.6 Å². The van der Waals surface area contributed by atoms with E-state index in [9.17, 15) is 18.0 Å². The van der Waals surface area contributed by atoms with Crippen LogP contribution in [0.1, 0.15) is 36.8 Å². The molecule has 0 bridgehead atoms. The lowest BCUT2D eigenvalue weighted by Gasteiger charge is -2.34. The second-order valence-electron chi connectivity index (χ2n) is 11.2. The molecule has 0 aliphatic heterocycles. The van der Waals surface area contributed by atoms with Crippen LogP contribution in [0.25, 0.3) is 0 Å². The first-order chi connectivity index (χ1) is 22.1. The summed E-state index contributed by atoms with van der Waals surface area (Å²) < 4.78 is 44.1. The van der Waals surface area contributed by atoms with Crippen molar-refractivity contribution in [1.29, 1.82) is 0 Å². The molecule has 5 rings (SSSR count). The van der Waals surface area contributed by atoms with E-state index in [1.807, 2.05) is 30.3 Å². The first-order valence-corrected chi connectivity index (χ1v) is 17.2. The molecule has 7 nitrogen and oxygen atoms in total. The van der Waals surface area contributed by atoms with Crippen molar-refractivity contribution in [2.24, 2.45) is 0 Å². The number of hydrogen-bond donors (Lipinski definition) is 1. The van der Waals surface area contributed by atoms with E-state index in [-0.39, 0.29) is 51.1 Å². The van der Waals surface area contributed by atoms with Crippen molar-refractivity contribution in [1.82, 2.24) is 10.2 Å². The molecule has 0 heterocycles. The van der Waals surface area contributed by atoms with E-state index in [2.05, 4.69) is 5.32 Å². The van der Waals surface area contributed by atoms with E-state index in [0.29, 0.717) is 0 Å². The summed E-state index contributed by atoms with van der Waals surface area (Å²) in [5.41, 5.74) is 1.08. The van der Waals surface area contributed by atoms with Crippen LogP contribution in [0.3, 0.4) is 0 Å². The predicted octanol–water partition coefficient (Wildman–Crippen LogP) is 7.03. The summed E-state index contributed by atoms with van der Waals surface area (Å²) in [5.74, 6) is -1.63. The zero-order valence-corrected chi connectivity index (χ0v) is 27.3. The molecule has 1 fully saturated rings. The number of amides is 2. The van der Waals surface area contributed by atoms with Crippen LogP contribution in [-0.4, -0.2) is 43.8 Å². The number of benzene rings is 4. The number of halogens is 3. The number of anilines is 1. The third-order valence-corrected chi connectivity index (χ3v) is 10.6. The van der Waals surface area contributed by atoms with E-state index in [0.717, 1.165) is 35.6 Å². The van der Waals surface area contributed by atoms with Crippen LogP contribution in [-0.2, 0) is 32.6 Å². The Bertz CT molecular complexity index is 1770. The maximum absolute atomic E-state index is 15.1. The van der Waals surface area contributed by atoms with Gasteiger partial charge in [-0.25, -0.2) is 12.8 Å². The summed E-state index contributed by atoms with van der Waals surface area (Å²) in [5, 5.41) is 3.41. The second-order valence-corrected chi connectivity index (χ2v) is 13.9. The number of nitrogens with one attached hydrogen (secondary N) is 1. The summed E-state index contributed by atoms with van der Waals surface area (Å²) in [4.78, 5) is 29.8. The zero-order chi connectivity index (χ0) is 32.7. The molecule has 1 atom stereocenters. The Hall–Kier alpha value is -3.92. The highest BCUT2D eigenvalue weighted by Gasteiger charge is 2.36. The minimum atomic E-state index is -4.31. The van der Waals surface area contributed by atoms with Gasteiger partial charge >= 0.3 is 0 Å². The normalized spacial score (nSPS) is 14.1. The lowest BCUT2D eigenvalue weighted by molar-refractivity contribution is -0.140. The van der Waals surface area contributed by atoms with Gasteiger partial charge in [0.1, 0.15) is 18.4 Å². The van der Waals surface area contributed by atoms with Crippen molar-refractivity contribution in [3.8, 4) is 0 Å². The molecule has 1 N–H and O–H groups in total. The number of sulfonamides is 1. The molecule has 0 radical (unpaired) electrons. The highest BCUT2D eigenvalue weighted by atomic mass is 35.5. The second kappa shape index (κ2) is 15.1. The minimum Gasteiger partial charge on any atom is -0.352 e. The fraction of sp³-hybridized carbons (Fsp3) is 0.257. The van der Waals surface area contributed by atoms with Crippen LogP contribution in [0.5, 0.6) is 0 Å². The molecule has 4 aromatic rings. The van der Waals surface area contributed by atoms with Gasteiger partial charge in [0.2, 0.25) is 11.8 Å². The number of rotatable bonds is 12. The molecule has 1 aliphatic carbocycles. The lowest BCUT2D eigenvalue weighted by atomic mass is 10.0. The van der Waals surface area contributed by atoms with Crippen molar-refractivity contribution >= 4 is 50.7 Å². The fourth-order valence-electron chi connectivity index (χ4n) is 5.62. The van der Waals surface area contributed by atoms with Crippen molar-refractivity contribution in [3.05, 3.63) is 130 Å². The maximum Gasteiger partial charge on any atom is 0.264 e. The maximum atomic E-state index is 15.1. The third-order valence-electron chi connectivity index (χ3n) is 8.07. The SMILES string of the molecule is O=C(NC1CCCC1)[C@@H](Cc1ccccc1)N(Cc1ccccc1F)C(=O)CN(c1ccc(Cl)c(Cl)c1)S(=O)(=O)c1ccccc1. The van der Waals surface area contributed by atoms with Gasteiger partial charge in [-0.05, 0) is 54.8 Å². The van der Waals surface area contributed by atoms with Crippen molar-refractivity contribution in [2.75, 3.05) is 10.8 Å². The summed E-state index contributed by atoms with van der Waals surface area (Å²) in [6, 6.07) is 26.1. The zero-order valence-electron chi connectivity index (χ0n) is 25.0. The Morgan fingerprint density at radius 1 is 0.848 bits per heavy atom. The highest BCUT2D eigenvalue weighted by Crippen LogP contribution is 2.31. The molecular formula is C35H34Cl2FN3O4S. The Morgan fingerprint density at radius 3 is 2.13 bits per heavy atom. The molecule has 1 aliphatic rings. The van der Waals surface area contributed by atoms with Gasteiger partial charge in [0.15, 0.2) is 0 Å². The number of carbonyl (C=O) groups excluding carboxylic acids is 2. The molecule has 0 spiro atoms. The van der Waals surface area contributed by atoms with Crippen LogP contribution in [0.4, 0.5) is 10.1 Å². The molecule has 0 aromatic heterocycles. The molecule has 1 saturated carbocycles. The smallest absolute Gasteiger partial charge is 0.264 e. The Morgan fingerprint density at radius 2 is 1.48 bits per heavy atom. The van der Waals surface area contributed by atoms with E-state index in [4.69, 9.17) is 23.2 Å². The van der Waals surface area contributed by atoms with Crippen LogP contribution in [0, 0.1) is 5.82 Å². The average Bonchev–Trinajstić information content (AvgIpc) is 3.57. The van der Waals surface area contributed by atoms with Gasteiger partial charge in [-0.2, -0.15) is 0 Å². The van der Waals surface area contributed by atoms with Crippen molar-refractivity contribution in [2.45, 2.75) is 55.6 Å². The summed E-state index contributed by atoms with van der Waals surface area (Å²) in [6.45, 7) is -0.951. The molecule has 0 saturated heterocycles. The predicted molar refractivity (Wildman–Crippen MR) is 179 cm³/mol. The van der Waals surface area contributed by atoms with Crippen molar-refractivity contribution < 1.29 is 22.4 Å². The quantitative estimate of drug-likeness (QED) is 0.174. The number of nitrogens with zero attached hydrogens (tertiary/aromatic N) is 2. The third kappa shape index (κ3) is 8.07. The summed E-state index contributed by atoms with van der Waals surface area (Å²) in [6.07, 6.45) is 3.76. The largest absolute Gasteiger partial charge is 0.352 e. The summed E-state index contributed by atoms with van der Waals surface area (Å²) >= 11 is 12.4. The van der Waals surface area contributed by atoms with Gasteiger partial charge in [-0.15, -0.1) is 0 Å². The lowest BCUT2D eigenvalue weighted by Crippen LogP contribution is -2.54. The Balaban J connectivity index is 1.58. The van der Waals surface area contributed by atoms with Crippen LogP contribution >= 0.6 is 23.2 Å². The van der Waals surface area contributed by atoms with E-state index >= 15 is 4.39 Å². The van der Waals surface area contributed by atoms with Crippen LogP contribution in [0.15, 0.2) is 108 Å². The first kappa shape index (κ1) is 33.4. The highest BCUT2D eigenvalue weighted by molar-refractivity contribution is 7.92. The van der Waals surface area contributed by atoms with Crippen LogP contribution in [0.2, 0.25) is 10.0 Å². The van der Waals surface area contributed by atoms with E-state index in [1.54, 1.807) is 30.3 Å². The first-order valence-electron chi connectivity index (χ1n) is 15.0. The number of hydrogen-bond acceptors (Lipinski definition) is 4. The summed E-state index contributed by atoms with van der Waals surface area (Å²) in [7, 11) is -4.31. The average molecular weight is 683 g/mol. The topological polar surface area (TPSA) is 86.8 Å². The molecular weight excluding hydrogens is 648 g/mol. The van der Waals surface area contributed by atoms with E-state index < -0.39 is 34.3 Å². The standard InChI is InChI=1S/C35H34Cl2FN3O4S/c36-30-20-19-28(22-31(30)37)41(46(44,45)29-16-5-2-6-17-29)24-34(42)40(23-26-13-7-10-18-32(26)38)33(21-25-11-3-1-4-12-25)35(43)39-27-14-8-9-15-27/h1-7,10-13,16-20,22,27,33H,8-9,14-15,21,23-24H2,(H,39,43)/t33-/m1/s1. The minimum absolute atomic E-state index is 0.0395. The fourth-order valence-corrected chi connectivity index (χ4v) is 7.34. The molecule has 11 heteroatoms. The van der Waals surface area contributed by atoms with Gasteiger partial charge in [0.25, 0.3) is 10.0 Å². The molecule has 240 valence electrons.